The third-order valence-electron chi connectivity index (χ3n) is 4.87. The van der Waals surface area contributed by atoms with Crippen molar-refractivity contribution in [2.24, 2.45) is 0 Å². The first-order valence-corrected chi connectivity index (χ1v) is 8.57. The predicted octanol–water partition coefficient (Wildman–Crippen LogP) is 2.26. The normalized spacial score (nSPS) is 16.0. The van der Waals surface area contributed by atoms with Crippen molar-refractivity contribution < 1.29 is 9.63 Å². The van der Waals surface area contributed by atoms with E-state index in [1.54, 1.807) is 15.3 Å². The van der Waals surface area contributed by atoms with Crippen molar-refractivity contribution in [3.05, 3.63) is 46.8 Å². The van der Waals surface area contributed by atoms with Gasteiger partial charge < -0.3 is 14.2 Å². The number of imidazole rings is 1. The van der Waals surface area contributed by atoms with Gasteiger partial charge in [0.15, 0.2) is 5.69 Å². The number of aromatic nitrogens is 5. The molecule has 5 rings (SSSR count). The standard InChI is InChI=1S/C18H17N5O3/c1-10(2)23-12-6-4-3-5-11(12)22-9-19-13(14(22)16(23)24)15-20-17(21-26-15)18(25)7-8-18/h3-6,9-10,25H,7-8H2,1-2H3. The van der Waals surface area contributed by atoms with Crippen LogP contribution in [0.2, 0.25) is 0 Å². The summed E-state index contributed by atoms with van der Waals surface area (Å²) in [6.07, 6.45) is 2.82. The molecule has 3 aromatic heterocycles. The van der Waals surface area contributed by atoms with Gasteiger partial charge in [-0.3, -0.25) is 9.20 Å². The van der Waals surface area contributed by atoms with Gasteiger partial charge in [-0.05, 0) is 38.8 Å². The molecule has 1 aliphatic rings. The van der Waals surface area contributed by atoms with Crippen molar-refractivity contribution in [3.63, 3.8) is 0 Å². The molecule has 0 spiro atoms. The molecule has 1 fully saturated rings. The van der Waals surface area contributed by atoms with Gasteiger partial charge >= 0.3 is 0 Å². The molecule has 1 aromatic carbocycles. The van der Waals surface area contributed by atoms with Crippen LogP contribution in [0.3, 0.4) is 0 Å². The maximum absolute atomic E-state index is 13.2. The average Bonchev–Trinajstić information content (AvgIpc) is 3.03. The minimum Gasteiger partial charge on any atom is -0.382 e. The third kappa shape index (κ3) is 1.99. The molecule has 8 nitrogen and oxygen atoms in total. The summed E-state index contributed by atoms with van der Waals surface area (Å²) in [7, 11) is 0. The lowest BCUT2D eigenvalue weighted by atomic mass is 10.2. The predicted molar refractivity (Wildman–Crippen MR) is 93.8 cm³/mol. The lowest BCUT2D eigenvalue weighted by Crippen LogP contribution is -2.24. The van der Waals surface area contributed by atoms with Crippen LogP contribution in [0.1, 0.15) is 38.6 Å². The number of para-hydroxylation sites is 2. The van der Waals surface area contributed by atoms with Gasteiger partial charge in [0.1, 0.15) is 17.4 Å². The zero-order valence-corrected chi connectivity index (χ0v) is 14.4. The maximum atomic E-state index is 13.2. The molecule has 0 saturated heterocycles. The molecule has 1 N–H and O–H groups in total. The van der Waals surface area contributed by atoms with Crippen molar-refractivity contribution in [1.29, 1.82) is 0 Å². The fourth-order valence-electron chi connectivity index (χ4n) is 3.35. The second kappa shape index (κ2) is 5.01. The van der Waals surface area contributed by atoms with Gasteiger partial charge in [-0.25, -0.2) is 4.98 Å². The number of fused-ring (bicyclic) bond motifs is 3. The van der Waals surface area contributed by atoms with Crippen LogP contribution in [0, 0.1) is 0 Å². The maximum Gasteiger partial charge on any atom is 0.279 e. The minimum absolute atomic E-state index is 0.0226. The van der Waals surface area contributed by atoms with Gasteiger partial charge in [-0.1, -0.05) is 17.3 Å². The van der Waals surface area contributed by atoms with Gasteiger partial charge in [0.25, 0.3) is 11.4 Å². The van der Waals surface area contributed by atoms with E-state index in [2.05, 4.69) is 15.1 Å². The van der Waals surface area contributed by atoms with Gasteiger partial charge in [-0.2, -0.15) is 4.98 Å². The molecule has 0 unspecified atom stereocenters. The Balaban J connectivity index is 1.83. The summed E-state index contributed by atoms with van der Waals surface area (Å²) in [6.45, 7) is 3.93. The second-order valence-electron chi connectivity index (χ2n) is 7.02. The second-order valence-corrected chi connectivity index (χ2v) is 7.02. The molecule has 0 radical (unpaired) electrons. The van der Waals surface area contributed by atoms with Crippen LogP contribution >= 0.6 is 0 Å². The van der Waals surface area contributed by atoms with E-state index < -0.39 is 5.60 Å². The molecule has 0 bridgehead atoms. The molecule has 1 saturated carbocycles. The zero-order valence-electron chi connectivity index (χ0n) is 14.4. The Kier molecular flexibility index (Phi) is 2.94. The van der Waals surface area contributed by atoms with Crippen LogP contribution in [-0.2, 0) is 5.60 Å². The first kappa shape index (κ1) is 15.3. The highest BCUT2D eigenvalue weighted by Gasteiger charge is 2.47. The summed E-state index contributed by atoms with van der Waals surface area (Å²) in [5, 5.41) is 14.0. The van der Waals surface area contributed by atoms with Gasteiger partial charge in [0.05, 0.1) is 11.0 Å². The monoisotopic (exact) mass is 351 g/mol. The van der Waals surface area contributed by atoms with Crippen LogP contribution in [0.15, 0.2) is 39.9 Å². The molecular formula is C18H17N5O3. The fraction of sp³-hybridized carbons (Fsp3) is 0.333. The van der Waals surface area contributed by atoms with Crippen LogP contribution in [0.25, 0.3) is 28.1 Å². The highest BCUT2D eigenvalue weighted by Crippen LogP contribution is 2.44. The van der Waals surface area contributed by atoms with Crippen LogP contribution in [0.5, 0.6) is 0 Å². The number of rotatable bonds is 3. The Morgan fingerprint density at radius 1 is 1.23 bits per heavy atom. The molecular weight excluding hydrogens is 334 g/mol. The lowest BCUT2D eigenvalue weighted by molar-refractivity contribution is 0.137. The highest BCUT2D eigenvalue weighted by molar-refractivity contribution is 5.83. The summed E-state index contributed by atoms with van der Waals surface area (Å²) in [5.41, 5.74) is 1.25. The minimum atomic E-state index is -0.998. The topological polar surface area (TPSA) is 98.5 Å². The van der Waals surface area contributed by atoms with E-state index in [4.69, 9.17) is 4.52 Å². The van der Waals surface area contributed by atoms with Gasteiger partial charge in [0, 0.05) is 6.04 Å². The molecule has 1 aliphatic carbocycles. The quantitative estimate of drug-likeness (QED) is 0.608. The van der Waals surface area contributed by atoms with Gasteiger partial charge in [0.2, 0.25) is 5.82 Å². The zero-order chi connectivity index (χ0) is 18.1. The average molecular weight is 351 g/mol. The Morgan fingerprint density at radius 2 is 1.96 bits per heavy atom. The molecule has 3 heterocycles. The van der Waals surface area contributed by atoms with Crippen LogP contribution in [-0.4, -0.2) is 29.2 Å². The van der Waals surface area contributed by atoms with E-state index in [0.29, 0.717) is 24.1 Å². The summed E-state index contributed by atoms with van der Waals surface area (Å²) in [6, 6.07) is 7.67. The van der Waals surface area contributed by atoms with Crippen molar-refractivity contribution in [2.75, 3.05) is 0 Å². The number of aliphatic hydroxyl groups is 1. The first-order valence-electron chi connectivity index (χ1n) is 8.57. The Labute approximate surface area is 147 Å². The fourth-order valence-corrected chi connectivity index (χ4v) is 3.35. The largest absolute Gasteiger partial charge is 0.382 e. The number of nitrogens with zero attached hydrogens (tertiary/aromatic N) is 5. The van der Waals surface area contributed by atoms with E-state index in [9.17, 15) is 9.90 Å². The van der Waals surface area contributed by atoms with Gasteiger partial charge in [-0.15, -0.1) is 0 Å². The smallest absolute Gasteiger partial charge is 0.279 e. The van der Waals surface area contributed by atoms with E-state index in [1.807, 2.05) is 38.1 Å². The SMILES string of the molecule is CC(C)n1c(=O)c2c(-c3nc(C4(O)CC4)no3)ncn2c2ccccc21. The Bertz CT molecular complexity index is 1210. The van der Waals surface area contributed by atoms with E-state index in [-0.39, 0.29) is 23.3 Å². The Hall–Kier alpha value is -3.00. The van der Waals surface area contributed by atoms with Crippen molar-refractivity contribution in [1.82, 2.24) is 24.1 Å². The summed E-state index contributed by atoms with van der Waals surface area (Å²) < 4.78 is 8.80. The van der Waals surface area contributed by atoms with E-state index in [1.165, 1.54) is 0 Å². The molecule has 0 amide bonds. The van der Waals surface area contributed by atoms with Crippen molar-refractivity contribution in [3.8, 4) is 11.6 Å². The molecule has 132 valence electrons. The van der Waals surface area contributed by atoms with Crippen LogP contribution < -0.4 is 5.56 Å². The molecule has 8 heteroatoms. The summed E-state index contributed by atoms with van der Waals surface area (Å²) >= 11 is 0. The molecule has 26 heavy (non-hydrogen) atoms. The Morgan fingerprint density at radius 3 is 2.65 bits per heavy atom. The van der Waals surface area contributed by atoms with Crippen molar-refractivity contribution >= 4 is 16.6 Å². The molecule has 0 aliphatic heterocycles. The van der Waals surface area contributed by atoms with Crippen LogP contribution in [0.4, 0.5) is 0 Å². The number of hydrogen-bond donors (Lipinski definition) is 1. The first-order chi connectivity index (χ1) is 12.5. The van der Waals surface area contributed by atoms with Crippen molar-refractivity contribution in [2.45, 2.75) is 38.3 Å². The van der Waals surface area contributed by atoms with E-state index in [0.717, 1.165) is 11.0 Å². The third-order valence-corrected chi connectivity index (χ3v) is 4.87. The number of benzene rings is 1. The highest BCUT2D eigenvalue weighted by atomic mass is 16.5. The number of hydrogen-bond acceptors (Lipinski definition) is 6. The summed E-state index contributed by atoms with van der Waals surface area (Å²) in [4.78, 5) is 21.9. The summed E-state index contributed by atoms with van der Waals surface area (Å²) in [5.74, 6) is 0.393. The van der Waals surface area contributed by atoms with E-state index >= 15 is 0 Å². The molecule has 4 aromatic rings. The molecule has 0 atom stereocenters. The lowest BCUT2D eigenvalue weighted by Gasteiger charge is -2.15.